The molecule has 1 unspecified atom stereocenters. The average molecular weight is 253 g/mol. The highest BCUT2D eigenvalue weighted by Gasteiger charge is 2.15. The van der Waals surface area contributed by atoms with E-state index in [1.807, 2.05) is 13.0 Å². The van der Waals surface area contributed by atoms with Crippen LogP contribution in [0.4, 0.5) is 5.82 Å². The van der Waals surface area contributed by atoms with Gasteiger partial charge >= 0.3 is 0 Å². The number of aromatic nitrogens is 2. The summed E-state index contributed by atoms with van der Waals surface area (Å²) in [5.74, 6) is 1.55. The van der Waals surface area contributed by atoms with Crippen LogP contribution in [0.15, 0.2) is 6.07 Å². The van der Waals surface area contributed by atoms with Crippen LogP contribution in [0.5, 0.6) is 0 Å². The van der Waals surface area contributed by atoms with Gasteiger partial charge in [0, 0.05) is 26.8 Å². The van der Waals surface area contributed by atoms with E-state index in [0.29, 0.717) is 6.61 Å². The maximum atomic E-state index is 5.45. The van der Waals surface area contributed by atoms with Crippen LogP contribution in [-0.2, 0) is 16.1 Å². The summed E-state index contributed by atoms with van der Waals surface area (Å²) in [6.07, 6.45) is 1.90. The minimum absolute atomic E-state index is 0.0517. The van der Waals surface area contributed by atoms with Crippen LogP contribution in [0.3, 0.4) is 0 Å². The van der Waals surface area contributed by atoms with Crippen molar-refractivity contribution in [1.29, 1.82) is 0 Å². The van der Waals surface area contributed by atoms with Crippen molar-refractivity contribution in [2.24, 2.45) is 0 Å². The first-order valence-electron chi connectivity index (χ1n) is 6.38. The summed E-state index contributed by atoms with van der Waals surface area (Å²) in [5, 5.41) is 3.21. The molecule has 1 heterocycles. The van der Waals surface area contributed by atoms with Gasteiger partial charge in [0.1, 0.15) is 11.9 Å². The minimum Gasteiger partial charge on any atom is -0.378 e. The van der Waals surface area contributed by atoms with Crippen LogP contribution in [0.1, 0.15) is 44.3 Å². The van der Waals surface area contributed by atoms with Gasteiger partial charge in [-0.2, -0.15) is 0 Å². The van der Waals surface area contributed by atoms with E-state index in [0.717, 1.165) is 36.7 Å². The fraction of sp³-hybridized carbons (Fsp3) is 0.692. The van der Waals surface area contributed by atoms with Crippen LogP contribution < -0.4 is 5.32 Å². The molecule has 5 heteroatoms. The summed E-state index contributed by atoms with van der Waals surface area (Å²) in [6, 6.07) is 1.91. The molecule has 102 valence electrons. The van der Waals surface area contributed by atoms with E-state index in [-0.39, 0.29) is 6.10 Å². The molecule has 0 aliphatic carbocycles. The first-order chi connectivity index (χ1) is 8.74. The van der Waals surface area contributed by atoms with Crippen molar-refractivity contribution in [2.75, 3.05) is 26.1 Å². The van der Waals surface area contributed by atoms with Crippen molar-refractivity contribution < 1.29 is 9.47 Å². The van der Waals surface area contributed by atoms with Crippen LogP contribution in [0.25, 0.3) is 0 Å². The monoisotopic (exact) mass is 253 g/mol. The first kappa shape index (κ1) is 14.9. The van der Waals surface area contributed by atoms with Crippen molar-refractivity contribution in [2.45, 2.75) is 39.4 Å². The Balaban J connectivity index is 2.99. The molecular weight excluding hydrogens is 230 g/mol. The zero-order valence-electron chi connectivity index (χ0n) is 11.7. The molecule has 5 nitrogen and oxygen atoms in total. The molecule has 1 N–H and O–H groups in total. The van der Waals surface area contributed by atoms with Crippen molar-refractivity contribution >= 4 is 5.82 Å². The molecular formula is C13H23N3O2. The number of ether oxygens (including phenoxy) is 2. The Morgan fingerprint density at radius 3 is 2.61 bits per heavy atom. The fourth-order valence-corrected chi connectivity index (χ4v) is 1.77. The molecule has 1 aromatic rings. The Kier molecular flexibility index (Phi) is 6.60. The smallest absolute Gasteiger partial charge is 0.159 e. The second kappa shape index (κ2) is 8.00. The molecule has 0 radical (unpaired) electrons. The SMILES string of the molecule is CCCC(OC)c1nc(COC)cc(NCC)n1. The Morgan fingerprint density at radius 1 is 1.28 bits per heavy atom. The lowest BCUT2D eigenvalue weighted by Gasteiger charge is -2.15. The number of anilines is 1. The van der Waals surface area contributed by atoms with Crippen molar-refractivity contribution in [1.82, 2.24) is 9.97 Å². The standard InChI is InChI=1S/C13H23N3O2/c1-5-7-11(18-4)13-15-10(9-17-3)8-12(16-13)14-6-2/h8,11H,5-7,9H2,1-4H3,(H,14,15,16). The van der Waals surface area contributed by atoms with Gasteiger partial charge in [0.2, 0.25) is 0 Å². The van der Waals surface area contributed by atoms with E-state index in [1.165, 1.54) is 0 Å². The van der Waals surface area contributed by atoms with Gasteiger partial charge in [-0.25, -0.2) is 9.97 Å². The molecule has 18 heavy (non-hydrogen) atoms. The summed E-state index contributed by atoms with van der Waals surface area (Å²) in [4.78, 5) is 8.99. The van der Waals surface area contributed by atoms with Gasteiger partial charge in [-0.3, -0.25) is 0 Å². The van der Waals surface area contributed by atoms with Gasteiger partial charge in [-0.15, -0.1) is 0 Å². The van der Waals surface area contributed by atoms with E-state index in [4.69, 9.17) is 9.47 Å². The lowest BCUT2D eigenvalue weighted by atomic mass is 10.2. The average Bonchev–Trinajstić information content (AvgIpc) is 2.36. The highest BCUT2D eigenvalue weighted by molar-refractivity contribution is 5.36. The minimum atomic E-state index is -0.0517. The number of hydrogen-bond acceptors (Lipinski definition) is 5. The molecule has 0 saturated carbocycles. The molecule has 0 saturated heterocycles. The lowest BCUT2D eigenvalue weighted by molar-refractivity contribution is 0.0869. The van der Waals surface area contributed by atoms with Crippen LogP contribution in [0, 0.1) is 0 Å². The summed E-state index contributed by atoms with van der Waals surface area (Å²) in [5.41, 5.74) is 0.872. The third-order valence-electron chi connectivity index (χ3n) is 2.57. The Morgan fingerprint density at radius 2 is 2.06 bits per heavy atom. The van der Waals surface area contributed by atoms with Gasteiger partial charge in [-0.05, 0) is 13.3 Å². The van der Waals surface area contributed by atoms with Crippen molar-refractivity contribution in [3.8, 4) is 0 Å². The van der Waals surface area contributed by atoms with Gasteiger partial charge in [0.25, 0.3) is 0 Å². The molecule has 0 fully saturated rings. The van der Waals surface area contributed by atoms with Crippen molar-refractivity contribution in [3.63, 3.8) is 0 Å². The maximum absolute atomic E-state index is 5.45. The number of nitrogens with one attached hydrogen (secondary N) is 1. The number of rotatable bonds is 8. The van der Waals surface area contributed by atoms with E-state index in [2.05, 4.69) is 22.2 Å². The van der Waals surface area contributed by atoms with E-state index in [9.17, 15) is 0 Å². The van der Waals surface area contributed by atoms with Gasteiger partial charge in [0.15, 0.2) is 5.82 Å². The maximum Gasteiger partial charge on any atom is 0.159 e. The summed E-state index contributed by atoms with van der Waals surface area (Å²) in [7, 11) is 3.36. The fourth-order valence-electron chi connectivity index (χ4n) is 1.77. The van der Waals surface area contributed by atoms with Gasteiger partial charge in [0.05, 0.1) is 12.3 Å². The predicted molar refractivity (Wildman–Crippen MR) is 71.6 cm³/mol. The topological polar surface area (TPSA) is 56.3 Å². The predicted octanol–water partition coefficient (Wildman–Crippen LogP) is 2.54. The van der Waals surface area contributed by atoms with Gasteiger partial charge < -0.3 is 14.8 Å². The number of methoxy groups -OCH3 is 2. The second-order valence-corrected chi connectivity index (χ2v) is 4.08. The molecule has 1 atom stereocenters. The van der Waals surface area contributed by atoms with E-state index >= 15 is 0 Å². The molecule has 1 rings (SSSR count). The largest absolute Gasteiger partial charge is 0.378 e. The van der Waals surface area contributed by atoms with Gasteiger partial charge in [-0.1, -0.05) is 13.3 Å². The highest BCUT2D eigenvalue weighted by atomic mass is 16.5. The molecule has 0 aromatic carbocycles. The molecule has 0 aliphatic heterocycles. The quantitative estimate of drug-likeness (QED) is 0.771. The second-order valence-electron chi connectivity index (χ2n) is 4.08. The third-order valence-corrected chi connectivity index (χ3v) is 2.57. The Bertz CT molecular complexity index is 334. The number of nitrogens with zero attached hydrogens (tertiary/aromatic N) is 2. The van der Waals surface area contributed by atoms with Crippen LogP contribution in [0.2, 0.25) is 0 Å². The van der Waals surface area contributed by atoms with E-state index < -0.39 is 0 Å². The summed E-state index contributed by atoms with van der Waals surface area (Å²) in [6.45, 7) is 5.47. The summed E-state index contributed by atoms with van der Waals surface area (Å²) < 4.78 is 10.6. The summed E-state index contributed by atoms with van der Waals surface area (Å²) >= 11 is 0. The molecule has 0 bridgehead atoms. The number of hydrogen-bond donors (Lipinski definition) is 1. The van der Waals surface area contributed by atoms with Crippen LogP contribution in [-0.4, -0.2) is 30.7 Å². The van der Waals surface area contributed by atoms with Crippen molar-refractivity contribution in [3.05, 3.63) is 17.6 Å². The van der Waals surface area contributed by atoms with Crippen LogP contribution >= 0.6 is 0 Å². The highest BCUT2D eigenvalue weighted by Crippen LogP contribution is 2.20. The Labute approximate surface area is 109 Å². The lowest BCUT2D eigenvalue weighted by Crippen LogP contribution is -2.11. The molecule has 0 spiro atoms. The first-order valence-corrected chi connectivity index (χ1v) is 6.38. The Hall–Kier alpha value is -1.20. The van der Waals surface area contributed by atoms with E-state index in [1.54, 1.807) is 14.2 Å². The zero-order chi connectivity index (χ0) is 13.4. The molecule has 0 aliphatic rings. The molecule has 1 aromatic heterocycles. The molecule has 0 amide bonds. The third kappa shape index (κ3) is 4.23. The zero-order valence-corrected chi connectivity index (χ0v) is 11.7. The normalized spacial score (nSPS) is 12.4.